The van der Waals surface area contributed by atoms with Crippen molar-refractivity contribution >= 4 is 11.8 Å². The highest BCUT2D eigenvalue weighted by Crippen LogP contribution is 2.33. The van der Waals surface area contributed by atoms with Gasteiger partial charge in [0, 0.05) is 6.54 Å². The number of nitrogens with zero attached hydrogens (tertiary/aromatic N) is 1. The summed E-state index contributed by atoms with van der Waals surface area (Å²) < 4.78 is 0. The summed E-state index contributed by atoms with van der Waals surface area (Å²) in [5, 5.41) is 9.08. The van der Waals surface area contributed by atoms with Gasteiger partial charge in [-0.15, -0.1) is 0 Å². The first-order chi connectivity index (χ1) is 7.39. The van der Waals surface area contributed by atoms with Gasteiger partial charge in [0.1, 0.15) is 0 Å². The van der Waals surface area contributed by atoms with Crippen molar-refractivity contribution in [2.45, 2.75) is 32.6 Å². The molecule has 3 heteroatoms. The predicted molar refractivity (Wildman–Crippen MR) is 64.2 cm³/mol. The van der Waals surface area contributed by atoms with Crippen LogP contribution in [0.25, 0.3) is 0 Å². The molecule has 1 aliphatic heterocycles. The number of amides is 1. The number of carbonyl (C=O) groups is 1. The Kier molecular flexibility index (Phi) is 2.41. The van der Waals surface area contributed by atoms with Gasteiger partial charge in [0.25, 0.3) is 0 Å². The van der Waals surface area contributed by atoms with E-state index in [2.05, 4.69) is 32.9 Å². The monoisotopic (exact) mass is 219 g/mol. The molecule has 1 heterocycles. The summed E-state index contributed by atoms with van der Waals surface area (Å²) >= 11 is 0. The number of rotatable bonds is 0. The average molecular weight is 219 g/mol. The van der Waals surface area contributed by atoms with Gasteiger partial charge in [0.2, 0.25) is 0 Å². The summed E-state index contributed by atoms with van der Waals surface area (Å²) in [4.78, 5) is 12.5. The van der Waals surface area contributed by atoms with Crippen LogP contribution in [0.15, 0.2) is 18.2 Å². The Morgan fingerprint density at radius 2 is 2.06 bits per heavy atom. The van der Waals surface area contributed by atoms with E-state index >= 15 is 0 Å². The molecule has 0 aromatic heterocycles. The van der Waals surface area contributed by atoms with Crippen LogP contribution in [0.2, 0.25) is 0 Å². The maximum Gasteiger partial charge on any atom is 0.411 e. The van der Waals surface area contributed by atoms with E-state index in [0.29, 0.717) is 6.54 Å². The molecule has 0 atom stereocenters. The second-order valence-electron chi connectivity index (χ2n) is 5.28. The van der Waals surface area contributed by atoms with Crippen LogP contribution in [0.1, 0.15) is 31.9 Å². The summed E-state index contributed by atoms with van der Waals surface area (Å²) in [6.45, 7) is 6.98. The number of hydrogen-bond acceptors (Lipinski definition) is 1. The van der Waals surface area contributed by atoms with Gasteiger partial charge in [0.15, 0.2) is 0 Å². The molecule has 0 unspecified atom stereocenters. The first-order valence-corrected chi connectivity index (χ1v) is 5.53. The maximum atomic E-state index is 11.1. The van der Waals surface area contributed by atoms with Gasteiger partial charge >= 0.3 is 6.09 Å². The Bertz CT molecular complexity index is 432. The molecule has 16 heavy (non-hydrogen) atoms. The summed E-state index contributed by atoms with van der Waals surface area (Å²) in [6.07, 6.45) is -0.0312. The summed E-state index contributed by atoms with van der Waals surface area (Å²) in [5.41, 5.74) is 3.23. The van der Waals surface area contributed by atoms with Gasteiger partial charge in [-0.05, 0) is 29.0 Å². The van der Waals surface area contributed by atoms with E-state index in [-0.39, 0.29) is 5.41 Å². The summed E-state index contributed by atoms with van der Waals surface area (Å²) in [6, 6.07) is 6.17. The lowest BCUT2D eigenvalue weighted by molar-refractivity contribution is 0.202. The van der Waals surface area contributed by atoms with E-state index in [1.807, 2.05) is 6.07 Å². The molecule has 0 spiro atoms. The quantitative estimate of drug-likeness (QED) is 0.728. The molecular weight excluding hydrogens is 202 g/mol. The van der Waals surface area contributed by atoms with Gasteiger partial charge in [-0.3, -0.25) is 4.90 Å². The van der Waals surface area contributed by atoms with Crippen LogP contribution in [0.5, 0.6) is 0 Å². The minimum absolute atomic E-state index is 0.0573. The molecule has 2 rings (SSSR count). The fourth-order valence-electron chi connectivity index (χ4n) is 2.04. The lowest BCUT2D eigenvalue weighted by Crippen LogP contribution is -2.27. The number of carboxylic acid groups (broad SMARTS) is 1. The van der Waals surface area contributed by atoms with Gasteiger partial charge in [-0.2, -0.15) is 0 Å². The minimum Gasteiger partial charge on any atom is -0.465 e. The lowest BCUT2D eigenvalue weighted by atomic mass is 9.86. The smallest absolute Gasteiger partial charge is 0.411 e. The normalized spacial score (nSPS) is 15.1. The molecule has 0 bridgehead atoms. The Morgan fingerprint density at radius 1 is 1.38 bits per heavy atom. The third-order valence-corrected chi connectivity index (χ3v) is 3.08. The molecule has 86 valence electrons. The van der Waals surface area contributed by atoms with Crippen molar-refractivity contribution in [3.05, 3.63) is 29.3 Å². The van der Waals surface area contributed by atoms with Crippen molar-refractivity contribution in [3.8, 4) is 0 Å². The van der Waals surface area contributed by atoms with Gasteiger partial charge < -0.3 is 5.11 Å². The standard InChI is InChI=1S/C13H17NO2/c1-13(2,3)10-5-4-9-6-7-14(12(15)16)11(9)8-10/h4-5,8H,6-7H2,1-3H3,(H,15,16). The van der Waals surface area contributed by atoms with Crippen molar-refractivity contribution in [2.75, 3.05) is 11.4 Å². The van der Waals surface area contributed by atoms with Gasteiger partial charge in [-0.1, -0.05) is 32.9 Å². The van der Waals surface area contributed by atoms with Crippen molar-refractivity contribution in [2.24, 2.45) is 0 Å². The second-order valence-corrected chi connectivity index (χ2v) is 5.28. The number of hydrogen-bond donors (Lipinski definition) is 1. The predicted octanol–water partition coefficient (Wildman–Crippen LogP) is 3.02. The molecule has 1 N–H and O–H groups in total. The van der Waals surface area contributed by atoms with E-state index in [0.717, 1.165) is 17.7 Å². The molecule has 1 aromatic carbocycles. The SMILES string of the molecule is CC(C)(C)c1ccc2c(c1)N(C(=O)O)CC2. The van der Waals surface area contributed by atoms with Gasteiger partial charge in [-0.25, -0.2) is 4.79 Å². The molecule has 1 amide bonds. The van der Waals surface area contributed by atoms with Crippen LogP contribution in [0.3, 0.4) is 0 Å². The molecule has 0 saturated carbocycles. The van der Waals surface area contributed by atoms with Crippen molar-refractivity contribution < 1.29 is 9.90 Å². The fraction of sp³-hybridized carbons (Fsp3) is 0.462. The minimum atomic E-state index is -0.857. The van der Waals surface area contributed by atoms with Crippen molar-refractivity contribution in [3.63, 3.8) is 0 Å². The third kappa shape index (κ3) is 1.77. The van der Waals surface area contributed by atoms with Crippen LogP contribution in [-0.4, -0.2) is 17.7 Å². The molecule has 0 aliphatic carbocycles. The van der Waals surface area contributed by atoms with E-state index in [1.54, 1.807) is 0 Å². The molecular formula is C13H17NO2. The lowest BCUT2D eigenvalue weighted by Gasteiger charge is -2.21. The molecule has 0 fully saturated rings. The third-order valence-electron chi connectivity index (χ3n) is 3.08. The molecule has 3 nitrogen and oxygen atoms in total. The van der Waals surface area contributed by atoms with Crippen LogP contribution in [0, 0.1) is 0 Å². The first kappa shape index (κ1) is 11.0. The Morgan fingerprint density at radius 3 is 2.62 bits per heavy atom. The Balaban J connectivity index is 2.45. The van der Waals surface area contributed by atoms with Crippen molar-refractivity contribution in [1.82, 2.24) is 0 Å². The summed E-state index contributed by atoms with van der Waals surface area (Å²) in [5.74, 6) is 0. The highest BCUT2D eigenvalue weighted by atomic mass is 16.4. The Hall–Kier alpha value is -1.51. The van der Waals surface area contributed by atoms with E-state index in [1.165, 1.54) is 10.5 Å². The first-order valence-electron chi connectivity index (χ1n) is 5.53. The largest absolute Gasteiger partial charge is 0.465 e. The zero-order valence-corrected chi connectivity index (χ0v) is 9.95. The van der Waals surface area contributed by atoms with Crippen LogP contribution in [0.4, 0.5) is 10.5 Å². The average Bonchev–Trinajstić information content (AvgIpc) is 2.58. The number of benzene rings is 1. The topological polar surface area (TPSA) is 40.5 Å². The molecule has 0 saturated heterocycles. The zero-order chi connectivity index (χ0) is 11.9. The summed E-state index contributed by atoms with van der Waals surface area (Å²) in [7, 11) is 0. The van der Waals surface area contributed by atoms with E-state index in [9.17, 15) is 4.79 Å². The molecule has 1 aromatic rings. The maximum absolute atomic E-state index is 11.1. The highest BCUT2D eigenvalue weighted by molar-refractivity contribution is 5.89. The Labute approximate surface area is 95.7 Å². The van der Waals surface area contributed by atoms with Crippen LogP contribution in [-0.2, 0) is 11.8 Å². The number of fused-ring (bicyclic) bond motifs is 1. The zero-order valence-electron chi connectivity index (χ0n) is 9.95. The molecule has 1 aliphatic rings. The van der Waals surface area contributed by atoms with Crippen LogP contribution < -0.4 is 4.90 Å². The van der Waals surface area contributed by atoms with E-state index in [4.69, 9.17) is 5.11 Å². The van der Waals surface area contributed by atoms with E-state index < -0.39 is 6.09 Å². The second kappa shape index (κ2) is 3.51. The molecule has 0 radical (unpaired) electrons. The highest BCUT2D eigenvalue weighted by Gasteiger charge is 2.26. The van der Waals surface area contributed by atoms with Crippen molar-refractivity contribution in [1.29, 1.82) is 0 Å². The fourth-order valence-corrected chi connectivity index (χ4v) is 2.04. The van der Waals surface area contributed by atoms with Gasteiger partial charge in [0.05, 0.1) is 5.69 Å². The van der Waals surface area contributed by atoms with Crippen LogP contribution >= 0.6 is 0 Å². The number of anilines is 1.